The highest BCUT2D eigenvalue weighted by molar-refractivity contribution is 5.86. The molecule has 0 unspecified atom stereocenters. The second-order valence-electron chi connectivity index (χ2n) is 3.46. The Hall–Kier alpha value is -0.860. The summed E-state index contributed by atoms with van der Waals surface area (Å²) in [5, 5.41) is 4.14. The van der Waals surface area contributed by atoms with Crippen LogP contribution in [0.15, 0.2) is 5.10 Å². The molecule has 0 saturated heterocycles. The van der Waals surface area contributed by atoms with E-state index in [1.807, 2.05) is 6.92 Å². The van der Waals surface area contributed by atoms with E-state index in [1.165, 1.54) is 0 Å². The molecule has 3 heteroatoms. The van der Waals surface area contributed by atoms with E-state index in [-0.39, 0.29) is 5.91 Å². The smallest absolute Gasteiger partial charge is 0.240 e. The summed E-state index contributed by atoms with van der Waals surface area (Å²) in [6, 6.07) is 0. The molecular weight excluding hydrogens is 176 g/mol. The van der Waals surface area contributed by atoms with Crippen LogP contribution in [-0.4, -0.2) is 11.6 Å². The Labute approximate surface area is 87.0 Å². The van der Waals surface area contributed by atoms with E-state index in [2.05, 4.69) is 24.4 Å². The minimum absolute atomic E-state index is 0.0252. The molecule has 0 heterocycles. The molecule has 0 atom stereocenters. The van der Waals surface area contributed by atoms with Crippen molar-refractivity contribution in [3.63, 3.8) is 0 Å². The van der Waals surface area contributed by atoms with Crippen molar-refractivity contribution in [1.82, 2.24) is 5.43 Å². The van der Waals surface area contributed by atoms with Crippen molar-refractivity contribution in [1.29, 1.82) is 0 Å². The zero-order valence-corrected chi connectivity index (χ0v) is 9.60. The number of hydrogen-bond donors (Lipinski definition) is 1. The predicted molar refractivity (Wildman–Crippen MR) is 60.3 cm³/mol. The maximum atomic E-state index is 11.1. The summed E-state index contributed by atoms with van der Waals surface area (Å²) in [4.78, 5) is 11.1. The molecule has 0 radical (unpaired) electrons. The second-order valence-corrected chi connectivity index (χ2v) is 3.46. The number of amides is 1. The molecule has 1 amide bonds. The molecule has 0 spiro atoms. The SMILES string of the molecule is CCCC(=O)NN=C(CCC)CCC. The molecule has 0 aliphatic heterocycles. The lowest BCUT2D eigenvalue weighted by atomic mass is 10.1. The predicted octanol–water partition coefficient (Wildman–Crippen LogP) is 2.86. The lowest BCUT2D eigenvalue weighted by Crippen LogP contribution is -2.18. The van der Waals surface area contributed by atoms with Gasteiger partial charge in [-0.05, 0) is 19.3 Å². The maximum absolute atomic E-state index is 11.1. The van der Waals surface area contributed by atoms with Gasteiger partial charge in [-0.3, -0.25) is 4.79 Å². The van der Waals surface area contributed by atoms with Crippen molar-refractivity contribution in [3.8, 4) is 0 Å². The fourth-order valence-electron chi connectivity index (χ4n) is 1.24. The van der Waals surface area contributed by atoms with Crippen LogP contribution in [0.3, 0.4) is 0 Å². The number of hydrogen-bond acceptors (Lipinski definition) is 2. The fraction of sp³-hybridized carbons (Fsp3) is 0.818. The summed E-state index contributed by atoms with van der Waals surface area (Å²) >= 11 is 0. The van der Waals surface area contributed by atoms with E-state index in [4.69, 9.17) is 0 Å². The summed E-state index contributed by atoms with van der Waals surface area (Å²) in [5.41, 5.74) is 3.71. The van der Waals surface area contributed by atoms with E-state index in [0.717, 1.165) is 37.8 Å². The molecule has 1 N–H and O–H groups in total. The second kappa shape index (κ2) is 8.73. The first-order valence-corrected chi connectivity index (χ1v) is 5.58. The van der Waals surface area contributed by atoms with Gasteiger partial charge in [0.25, 0.3) is 0 Å². The Balaban J connectivity index is 3.93. The van der Waals surface area contributed by atoms with Crippen LogP contribution in [0.4, 0.5) is 0 Å². The highest BCUT2D eigenvalue weighted by atomic mass is 16.2. The zero-order valence-electron chi connectivity index (χ0n) is 9.60. The van der Waals surface area contributed by atoms with Crippen LogP contribution < -0.4 is 5.43 Å². The van der Waals surface area contributed by atoms with Crippen LogP contribution in [0.2, 0.25) is 0 Å². The van der Waals surface area contributed by atoms with Gasteiger partial charge >= 0.3 is 0 Å². The molecule has 3 nitrogen and oxygen atoms in total. The quantitative estimate of drug-likeness (QED) is 0.496. The Bertz CT molecular complexity index is 180. The minimum Gasteiger partial charge on any atom is -0.273 e. The summed E-state index contributed by atoms with van der Waals surface area (Å²) in [5.74, 6) is 0.0252. The van der Waals surface area contributed by atoms with Crippen molar-refractivity contribution in [2.75, 3.05) is 0 Å². The van der Waals surface area contributed by atoms with Gasteiger partial charge in [0.15, 0.2) is 0 Å². The molecule has 0 saturated carbocycles. The number of carbonyl (C=O) groups is 1. The highest BCUT2D eigenvalue weighted by Crippen LogP contribution is 1.99. The molecule has 0 fully saturated rings. The summed E-state index contributed by atoms with van der Waals surface area (Å²) < 4.78 is 0. The van der Waals surface area contributed by atoms with Gasteiger partial charge in [0.1, 0.15) is 0 Å². The number of nitrogens with zero attached hydrogens (tertiary/aromatic N) is 1. The summed E-state index contributed by atoms with van der Waals surface area (Å²) in [6.07, 6.45) is 5.58. The lowest BCUT2D eigenvalue weighted by molar-refractivity contribution is -0.121. The van der Waals surface area contributed by atoms with Gasteiger partial charge in [0, 0.05) is 12.1 Å². The standard InChI is InChI=1S/C11H22N2O/c1-4-7-10(8-5-2)12-13-11(14)9-6-3/h4-9H2,1-3H3,(H,13,14). The Morgan fingerprint density at radius 3 is 1.93 bits per heavy atom. The number of carbonyl (C=O) groups excluding carboxylic acids is 1. The average Bonchev–Trinajstić information content (AvgIpc) is 2.15. The number of hydrazone groups is 1. The van der Waals surface area contributed by atoms with Gasteiger partial charge in [0.2, 0.25) is 5.91 Å². The van der Waals surface area contributed by atoms with E-state index in [9.17, 15) is 4.79 Å². The highest BCUT2D eigenvalue weighted by Gasteiger charge is 1.99. The zero-order chi connectivity index (χ0) is 10.8. The molecule has 0 aromatic rings. The van der Waals surface area contributed by atoms with E-state index in [0.29, 0.717) is 6.42 Å². The first-order chi connectivity index (χ1) is 6.74. The molecule has 14 heavy (non-hydrogen) atoms. The maximum Gasteiger partial charge on any atom is 0.240 e. The molecular formula is C11H22N2O. The van der Waals surface area contributed by atoms with Crippen molar-refractivity contribution in [2.45, 2.75) is 59.3 Å². The van der Waals surface area contributed by atoms with Crippen molar-refractivity contribution < 1.29 is 4.79 Å². The van der Waals surface area contributed by atoms with Gasteiger partial charge in [-0.2, -0.15) is 5.10 Å². The fourth-order valence-corrected chi connectivity index (χ4v) is 1.24. The average molecular weight is 198 g/mol. The van der Waals surface area contributed by atoms with E-state index < -0.39 is 0 Å². The Kier molecular flexibility index (Phi) is 8.19. The van der Waals surface area contributed by atoms with Crippen LogP contribution in [-0.2, 0) is 4.79 Å². The molecule has 0 bridgehead atoms. The Morgan fingerprint density at radius 2 is 1.50 bits per heavy atom. The first-order valence-electron chi connectivity index (χ1n) is 5.58. The van der Waals surface area contributed by atoms with E-state index >= 15 is 0 Å². The normalized spacial score (nSPS) is 9.64. The first kappa shape index (κ1) is 13.1. The topological polar surface area (TPSA) is 41.5 Å². The molecule has 0 aliphatic carbocycles. The van der Waals surface area contributed by atoms with Crippen LogP contribution in [0.5, 0.6) is 0 Å². The third kappa shape index (κ3) is 6.63. The van der Waals surface area contributed by atoms with Crippen LogP contribution in [0.1, 0.15) is 59.3 Å². The summed E-state index contributed by atoms with van der Waals surface area (Å²) in [6.45, 7) is 6.24. The minimum atomic E-state index is 0.0252. The molecule has 0 aliphatic rings. The van der Waals surface area contributed by atoms with E-state index in [1.54, 1.807) is 0 Å². The third-order valence-electron chi connectivity index (χ3n) is 1.89. The van der Waals surface area contributed by atoms with Crippen molar-refractivity contribution in [2.24, 2.45) is 5.10 Å². The third-order valence-corrected chi connectivity index (χ3v) is 1.89. The Morgan fingerprint density at radius 1 is 1.00 bits per heavy atom. The summed E-state index contributed by atoms with van der Waals surface area (Å²) in [7, 11) is 0. The van der Waals surface area contributed by atoms with Crippen LogP contribution in [0, 0.1) is 0 Å². The lowest BCUT2D eigenvalue weighted by Gasteiger charge is -2.03. The van der Waals surface area contributed by atoms with Gasteiger partial charge in [0.05, 0.1) is 0 Å². The number of nitrogens with one attached hydrogen (secondary N) is 1. The molecule has 82 valence electrons. The largest absolute Gasteiger partial charge is 0.273 e. The van der Waals surface area contributed by atoms with Gasteiger partial charge in [-0.1, -0.05) is 33.6 Å². The molecule has 0 rings (SSSR count). The van der Waals surface area contributed by atoms with Gasteiger partial charge in [-0.15, -0.1) is 0 Å². The van der Waals surface area contributed by atoms with Crippen molar-refractivity contribution in [3.05, 3.63) is 0 Å². The van der Waals surface area contributed by atoms with Gasteiger partial charge < -0.3 is 0 Å². The van der Waals surface area contributed by atoms with Crippen molar-refractivity contribution >= 4 is 11.6 Å². The van der Waals surface area contributed by atoms with Crippen LogP contribution in [0.25, 0.3) is 0 Å². The monoisotopic (exact) mass is 198 g/mol. The van der Waals surface area contributed by atoms with Gasteiger partial charge in [-0.25, -0.2) is 5.43 Å². The number of rotatable bonds is 7. The van der Waals surface area contributed by atoms with Crippen LogP contribution >= 0.6 is 0 Å². The molecule has 0 aromatic carbocycles. The molecule has 0 aromatic heterocycles.